The van der Waals surface area contributed by atoms with Gasteiger partial charge in [-0.2, -0.15) is 0 Å². The number of ether oxygens (including phenoxy) is 1. The number of hydrogen-bond acceptors (Lipinski definition) is 2. The Bertz CT molecular complexity index is 489. The van der Waals surface area contributed by atoms with Crippen molar-refractivity contribution in [3.05, 3.63) is 34.9 Å². The van der Waals surface area contributed by atoms with E-state index in [1.54, 1.807) is 0 Å². The van der Waals surface area contributed by atoms with Crippen molar-refractivity contribution in [1.29, 1.82) is 0 Å². The van der Waals surface area contributed by atoms with Crippen molar-refractivity contribution in [2.45, 2.75) is 25.4 Å². The SMILES string of the molecule is O=C(c1ccc2c(c1)CCC2)N1CCOC(CBr)C1. The van der Waals surface area contributed by atoms with Crippen LogP contribution in [0.5, 0.6) is 0 Å². The molecule has 0 bridgehead atoms. The Labute approximate surface area is 122 Å². The molecule has 3 nitrogen and oxygen atoms in total. The number of hydrogen-bond donors (Lipinski definition) is 0. The molecular formula is C15H18BrNO2. The summed E-state index contributed by atoms with van der Waals surface area (Å²) in [7, 11) is 0. The van der Waals surface area contributed by atoms with Crippen LogP contribution < -0.4 is 0 Å². The first-order valence-corrected chi connectivity index (χ1v) is 7.98. The molecule has 102 valence electrons. The van der Waals surface area contributed by atoms with Crippen LogP contribution in [0.25, 0.3) is 0 Å². The zero-order chi connectivity index (χ0) is 13.2. The molecule has 0 spiro atoms. The lowest BCUT2D eigenvalue weighted by Crippen LogP contribution is -2.46. The molecule has 0 N–H and O–H groups in total. The number of alkyl halides is 1. The van der Waals surface area contributed by atoms with Crippen molar-refractivity contribution in [1.82, 2.24) is 4.90 Å². The molecule has 1 amide bonds. The number of halogens is 1. The highest BCUT2D eigenvalue weighted by atomic mass is 79.9. The van der Waals surface area contributed by atoms with Crippen LogP contribution >= 0.6 is 15.9 Å². The Morgan fingerprint density at radius 2 is 2.21 bits per heavy atom. The predicted octanol–water partition coefficient (Wildman–Crippen LogP) is 2.41. The number of aryl methyl sites for hydroxylation is 2. The van der Waals surface area contributed by atoms with Crippen molar-refractivity contribution in [2.24, 2.45) is 0 Å². The number of carbonyl (C=O) groups is 1. The van der Waals surface area contributed by atoms with Gasteiger partial charge in [0.1, 0.15) is 0 Å². The summed E-state index contributed by atoms with van der Waals surface area (Å²) in [6.45, 7) is 2.01. The first kappa shape index (κ1) is 13.1. The molecule has 1 fully saturated rings. The van der Waals surface area contributed by atoms with Gasteiger partial charge in [0.15, 0.2) is 0 Å². The zero-order valence-electron chi connectivity index (χ0n) is 10.9. The van der Waals surface area contributed by atoms with Crippen molar-refractivity contribution in [3.63, 3.8) is 0 Å². The molecule has 19 heavy (non-hydrogen) atoms. The Morgan fingerprint density at radius 1 is 1.37 bits per heavy atom. The van der Waals surface area contributed by atoms with E-state index in [-0.39, 0.29) is 12.0 Å². The summed E-state index contributed by atoms with van der Waals surface area (Å²) < 4.78 is 5.58. The van der Waals surface area contributed by atoms with Gasteiger partial charge in [-0.05, 0) is 42.5 Å². The molecule has 1 unspecified atom stereocenters. The standard InChI is InChI=1S/C15H18BrNO2/c16-9-14-10-17(6-7-19-14)15(18)13-5-4-11-2-1-3-12(11)8-13/h4-5,8,14H,1-3,6-7,9-10H2. The molecule has 1 heterocycles. The van der Waals surface area contributed by atoms with Gasteiger partial charge in [0, 0.05) is 24.0 Å². The van der Waals surface area contributed by atoms with Crippen LogP contribution in [0.2, 0.25) is 0 Å². The number of fused-ring (bicyclic) bond motifs is 1. The fourth-order valence-corrected chi connectivity index (χ4v) is 3.28. The Kier molecular flexibility index (Phi) is 3.89. The van der Waals surface area contributed by atoms with Crippen LogP contribution in [0.4, 0.5) is 0 Å². The van der Waals surface area contributed by atoms with Gasteiger partial charge >= 0.3 is 0 Å². The lowest BCUT2D eigenvalue weighted by molar-refractivity contribution is -0.00965. The Balaban J connectivity index is 1.76. The molecule has 0 radical (unpaired) electrons. The van der Waals surface area contributed by atoms with Gasteiger partial charge in [-0.3, -0.25) is 4.79 Å². The largest absolute Gasteiger partial charge is 0.374 e. The van der Waals surface area contributed by atoms with Crippen molar-refractivity contribution < 1.29 is 9.53 Å². The number of benzene rings is 1. The number of morpholine rings is 1. The lowest BCUT2D eigenvalue weighted by atomic mass is 10.1. The van der Waals surface area contributed by atoms with E-state index in [1.165, 1.54) is 17.5 Å². The van der Waals surface area contributed by atoms with Crippen molar-refractivity contribution in [3.8, 4) is 0 Å². The summed E-state index contributed by atoms with van der Waals surface area (Å²) >= 11 is 3.42. The summed E-state index contributed by atoms with van der Waals surface area (Å²) in [6.07, 6.45) is 3.61. The van der Waals surface area contributed by atoms with Crippen LogP contribution in [-0.2, 0) is 17.6 Å². The van der Waals surface area contributed by atoms with Gasteiger partial charge < -0.3 is 9.64 Å². The molecular weight excluding hydrogens is 306 g/mol. The van der Waals surface area contributed by atoms with Crippen LogP contribution in [0.1, 0.15) is 27.9 Å². The van der Waals surface area contributed by atoms with E-state index in [2.05, 4.69) is 28.1 Å². The monoisotopic (exact) mass is 323 g/mol. The van der Waals surface area contributed by atoms with Gasteiger partial charge in [0.2, 0.25) is 0 Å². The maximum absolute atomic E-state index is 12.5. The highest BCUT2D eigenvalue weighted by Gasteiger charge is 2.25. The molecule has 1 aliphatic carbocycles. The summed E-state index contributed by atoms with van der Waals surface area (Å²) in [4.78, 5) is 14.4. The van der Waals surface area contributed by atoms with Gasteiger partial charge in [-0.15, -0.1) is 0 Å². The summed E-state index contributed by atoms with van der Waals surface area (Å²) in [5.74, 6) is 0.143. The van der Waals surface area contributed by atoms with Crippen molar-refractivity contribution >= 4 is 21.8 Å². The second-order valence-electron chi connectivity index (χ2n) is 5.24. The van der Waals surface area contributed by atoms with E-state index in [0.717, 1.165) is 23.7 Å². The molecule has 1 aromatic carbocycles. The third-order valence-corrected chi connectivity index (χ3v) is 4.67. The van der Waals surface area contributed by atoms with E-state index >= 15 is 0 Å². The maximum Gasteiger partial charge on any atom is 0.254 e. The molecule has 1 saturated heterocycles. The van der Waals surface area contributed by atoms with Gasteiger partial charge in [-0.1, -0.05) is 22.0 Å². The first-order chi connectivity index (χ1) is 9.28. The average molecular weight is 324 g/mol. The van der Waals surface area contributed by atoms with E-state index in [4.69, 9.17) is 4.74 Å². The maximum atomic E-state index is 12.5. The molecule has 3 rings (SSSR count). The topological polar surface area (TPSA) is 29.5 Å². The molecule has 0 aromatic heterocycles. The van der Waals surface area contributed by atoms with Gasteiger partial charge in [0.25, 0.3) is 5.91 Å². The fraction of sp³-hybridized carbons (Fsp3) is 0.533. The van der Waals surface area contributed by atoms with Gasteiger partial charge in [0.05, 0.1) is 12.7 Å². The molecule has 2 aliphatic rings. The minimum Gasteiger partial charge on any atom is -0.374 e. The quantitative estimate of drug-likeness (QED) is 0.782. The number of amides is 1. The Morgan fingerprint density at radius 3 is 3.05 bits per heavy atom. The van der Waals surface area contributed by atoms with E-state index in [9.17, 15) is 4.79 Å². The highest BCUT2D eigenvalue weighted by molar-refractivity contribution is 9.09. The molecule has 1 aliphatic heterocycles. The van der Waals surface area contributed by atoms with Crippen LogP contribution in [0.15, 0.2) is 18.2 Å². The number of carbonyl (C=O) groups excluding carboxylic acids is 1. The number of rotatable bonds is 2. The van der Waals surface area contributed by atoms with E-state index in [0.29, 0.717) is 19.7 Å². The van der Waals surface area contributed by atoms with Gasteiger partial charge in [-0.25, -0.2) is 0 Å². The average Bonchev–Trinajstić information content (AvgIpc) is 2.94. The fourth-order valence-electron chi connectivity index (χ4n) is 2.88. The van der Waals surface area contributed by atoms with Crippen LogP contribution in [0.3, 0.4) is 0 Å². The normalized spacial score (nSPS) is 22.4. The molecule has 0 saturated carbocycles. The minimum absolute atomic E-state index is 0.118. The highest BCUT2D eigenvalue weighted by Crippen LogP contribution is 2.23. The molecule has 1 atom stereocenters. The summed E-state index contributed by atoms with van der Waals surface area (Å²) in [5.41, 5.74) is 3.60. The van der Waals surface area contributed by atoms with Crippen LogP contribution in [-0.4, -0.2) is 41.9 Å². The minimum atomic E-state index is 0.118. The lowest BCUT2D eigenvalue weighted by Gasteiger charge is -2.32. The molecule has 4 heteroatoms. The third kappa shape index (κ3) is 2.70. The second-order valence-corrected chi connectivity index (χ2v) is 5.88. The second kappa shape index (κ2) is 5.63. The Hall–Kier alpha value is -0.870. The smallest absolute Gasteiger partial charge is 0.254 e. The van der Waals surface area contributed by atoms with E-state index in [1.807, 2.05) is 11.0 Å². The number of nitrogens with zero attached hydrogens (tertiary/aromatic N) is 1. The zero-order valence-corrected chi connectivity index (χ0v) is 12.5. The van der Waals surface area contributed by atoms with Crippen LogP contribution in [0, 0.1) is 0 Å². The third-order valence-electron chi connectivity index (χ3n) is 3.94. The molecule has 1 aromatic rings. The first-order valence-electron chi connectivity index (χ1n) is 6.86. The van der Waals surface area contributed by atoms with E-state index < -0.39 is 0 Å². The van der Waals surface area contributed by atoms with Crippen molar-refractivity contribution in [2.75, 3.05) is 25.0 Å². The summed E-state index contributed by atoms with van der Waals surface area (Å²) in [6, 6.07) is 6.19. The summed E-state index contributed by atoms with van der Waals surface area (Å²) in [5, 5.41) is 0.779. The predicted molar refractivity (Wildman–Crippen MR) is 77.9 cm³/mol.